The second-order valence-electron chi connectivity index (χ2n) is 5.92. The fourth-order valence-corrected chi connectivity index (χ4v) is 3.50. The van der Waals surface area contributed by atoms with Crippen molar-refractivity contribution >= 4 is 11.8 Å². The molecule has 3 heteroatoms. The summed E-state index contributed by atoms with van der Waals surface area (Å²) in [5.74, 6) is 1.21. The van der Waals surface area contributed by atoms with Gasteiger partial charge in [-0.05, 0) is 62.0 Å². The Balaban J connectivity index is 1.32. The van der Waals surface area contributed by atoms with Crippen LogP contribution in [0.5, 0.6) is 0 Å². The molecule has 1 heterocycles. The van der Waals surface area contributed by atoms with E-state index in [4.69, 9.17) is 4.74 Å². The minimum Gasteiger partial charge on any atom is -0.378 e. The Morgan fingerprint density at radius 1 is 1.15 bits per heavy atom. The Bertz CT molecular complexity index is 396. The molecule has 20 heavy (non-hydrogen) atoms. The predicted octanol–water partition coefficient (Wildman–Crippen LogP) is 3.99. The molecule has 1 unspecified atom stereocenters. The highest BCUT2D eigenvalue weighted by Gasteiger charge is 2.19. The Hall–Kier alpha value is -0.510. The third kappa shape index (κ3) is 4.80. The first-order chi connectivity index (χ1) is 9.90. The number of thioether (sulfide) groups is 1. The van der Waals surface area contributed by atoms with Crippen LogP contribution < -0.4 is 5.32 Å². The van der Waals surface area contributed by atoms with Crippen molar-refractivity contribution in [3.8, 4) is 0 Å². The Morgan fingerprint density at radius 3 is 2.70 bits per heavy atom. The minimum atomic E-state index is 0.548. The number of hydrogen-bond acceptors (Lipinski definition) is 3. The summed E-state index contributed by atoms with van der Waals surface area (Å²) in [6.45, 7) is 2.00. The van der Waals surface area contributed by atoms with Gasteiger partial charge in [0.25, 0.3) is 0 Å². The van der Waals surface area contributed by atoms with E-state index < -0.39 is 0 Å². The maximum absolute atomic E-state index is 5.66. The lowest BCUT2D eigenvalue weighted by atomic mass is 10.1. The van der Waals surface area contributed by atoms with E-state index in [2.05, 4.69) is 29.6 Å². The van der Waals surface area contributed by atoms with E-state index in [1.165, 1.54) is 54.7 Å². The van der Waals surface area contributed by atoms with Crippen LogP contribution in [0.3, 0.4) is 0 Å². The molecule has 3 rings (SSSR count). The van der Waals surface area contributed by atoms with Crippen molar-refractivity contribution in [3.63, 3.8) is 0 Å². The monoisotopic (exact) mass is 291 g/mol. The lowest BCUT2D eigenvalue weighted by Crippen LogP contribution is -2.14. The van der Waals surface area contributed by atoms with Gasteiger partial charge < -0.3 is 10.1 Å². The van der Waals surface area contributed by atoms with Gasteiger partial charge in [0.2, 0.25) is 0 Å². The molecule has 1 aliphatic heterocycles. The fourth-order valence-electron chi connectivity index (χ4n) is 2.63. The summed E-state index contributed by atoms with van der Waals surface area (Å²) >= 11 is 1.97. The van der Waals surface area contributed by atoms with Crippen molar-refractivity contribution in [2.75, 3.05) is 12.4 Å². The molecular formula is C17H25NOS. The van der Waals surface area contributed by atoms with Gasteiger partial charge in [-0.15, -0.1) is 11.8 Å². The molecule has 1 N–H and O–H groups in total. The van der Waals surface area contributed by atoms with Crippen LogP contribution in [0.4, 0.5) is 0 Å². The van der Waals surface area contributed by atoms with E-state index in [1.807, 2.05) is 11.8 Å². The lowest BCUT2D eigenvalue weighted by Gasteiger charge is -2.09. The van der Waals surface area contributed by atoms with Gasteiger partial charge in [0.1, 0.15) is 0 Å². The summed E-state index contributed by atoms with van der Waals surface area (Å²) in [7, 11) is 0. The Labute approximate surface area is 126 Å². The maximum atomic E-state index is 5.66. The number of hydrogen-bond donors (Lipinski definition) is 1. The first kappa shape index (κ1) is 14.4. The second kappa shape index (κ2) is 7.48. The molecule has 2 fully saturated rings. The van der Waals surface area contributed by atoms with Gasteiger partial charge >= 0.3 is 0 Å². The number of nitrogens with one attached hydrogen (secondary N) is 1. The van der Waals surface area contributed by atoms with Gasteiger partial charge in [0, 0.05) is 24.1 Å². The van der Waals surface area contributed by atoms with E-state index in [0.717, 1.165) is 19.2 Å². The quantitative estimate of drug-likeness (QED) is 0.578. The molecular weight excluding hydrogens is 266 g/mol. The van der Waals surface area contributed by atoms with Crippen molar-refractivity contribution in [1.29, 1.82) is 0 Å². The Morgan fingerprint density at radius 2 is 2.00 bits per heavy atom. The molecule has 1 aliphatic carbocycles. The largest absolute Gasteiger partial charge is 0.378 e. The molecule has 0 spiro atoms. The zero-order chi connectivity index (χ0) is 13.6. The van der Waals surface area contributed by atoms with Gasteiger partial charge in [-0.2, -0.15) is 0 Å². The van der Waals surface area contributed by atoms with Crippen molar-refractivity contribution in [2.45, 2.75) is 62.1 Å². The summed E-state index contributed by atoms with van der Waals surface area (Å²) in [5, 5.41) is 3.56. The van der Waals surface area contributed by atoms with Gasteiger partial charge in [-0.25, -0.2) is 0 Å². The third-order valence-electron chi connectivity index (χ3n) is 4.06. The first-order valence-electron chi connectivity index (χ1n) is 7.97. The second-order valence-corrected chi connectivity index (χ2v) is 7.09. The van der Waals surface area contributed by atoms with E-state index >= 15 is 0 Å². The van der Waals surface area contributed by atoms with Crippen molar-refractivity contribution in [2.24, 2.45) is 0 Å². The molecule has 1 saturated heterocycles. The smallest absolute Gasteiger partial charge is 0.0576 e. The molecule has 1 aromatic rings. The van der Waals surface area contributed by atoms with Crippen molar-refractivity contribution in [3.05, 3.63) is 29.8 Å². The summed E-state index contributed by atoms with van der Waals surface area (Å²) in [5.41, 5.74) is 1.40. The summed E-state index contributed by atoms with van der Waals surface area (Å²) in [6, 6.07) is 9.85. The topological polar surface area (TPSA) is 21.3 Å². The van der Waals surface area contributed by atoms with Crippen LogP contribution in [-0.2, 0) is 11.3 Å². The van der Waals surface area contributed by atoms with Crippen LogP contribution in [0.25, 0.3) is 0 Å². The standard InChI is InChI=1S/C17H25NOS/c1-3-16(19-11-1)4-2-12-20-17-9-5-14(6-10-17)13-18-15-7-8-15/h5-6,9-10,15-16,18H,1-4,7-8,11-13H2. The predicted molar refractivity (Wildman–Crippen MR) is 85.2 cm³/mol. The highest BCUT2D eigenvalue weighted by molar-refractivity contribution is 7.99. The molecule has 0 bridgehead atoms. The molecule has 2 nitrogen and oxygen atoms in total. The summed E-state index contributed by atoms with van der Waals surface area (Å²) < 4.78 is 5.66. The van der Waals surface area contributed by atoms with E-state index in [0.29, 0.717) is 6.10 Å². The molecule has 110 valence electrons. The fraction of sp³-hybridized carbons (Fsp3) is 0.647. The number of ether oxygens (including phenoxy) is 1. The summed E-state index contributed by atoms with van der Waals surface area (Å²) in [6.07, 6.45) is 8.29. The zero-order valence-electron chi connectivity index (χ0n) is 12.1. The van der Waals surface area contributed by atoms with Gasteiger partial charge in [0.15, 0.2) is 0 Å². The molecule has 0 radical (unpaired) electrons. The molecule has 1 atom stereocenters. The Kier molecular flexibility index (Phi) is 5.40. The highest BCUT2D eigenvalue weighted by atomic mass is 32.2. The van der Waals surface area contributed by atoms with Crippen LogP contribution in [0.1, 0.15) is 44.1 Å². The highest BCUT2D eigenvalue weighted by Crippen LogP contribution is 2.23. The average Bonchev–Trinajstić information content (AvgIpc) is 3.17. The first-order valence-corrected chi connectivity index (χ1v) is 8.95. The molecule has 2 aliphatic rings. The van der Waals surface area contributed by atoms with E-state index in [9.17, 15) is 0 Å². The van der Waals surface area contributed by atoms with Crippen LogP contribution in [0.15, 0.2) is 29.2 Å². The minimum absolute atomic E-state index is 0.548. The summed E-state index contributed by atoms with van der Waals surface area (Å²) in [4.78, 5) is 1.40. The number of rotatable bonds is 8. The average molecular weight is 291 g/mol. The van der Waals surface area contributed by atoms with Gasteiger partial charge in [0.05, 0.1) is 6.10 Å². The van der Waals surface area contributed by atoms with E-state index in [-0.39, 0.29) is 0 Å². The van der Waals surface area contributed by atoms with E-state index in [1.54, 1.807) is 0 Å². The van der Waals surface area contributed by atoms with Crippen molar-refractivity contribution < 1.29 is 4.74 Å². The molecule has 1 aromatic carbocycles. The van der Waals surface area contributed by atoms with Crippen LogP contribution >= 0.6 is 11.8 Å². The van der Waals surface area contributed by atoms with Gasteiger partial charge in [-0.3, -0.25) is 0 Å². The molecule has 0 aromatic heterocycles. The van der Waals surface area contributed by atoms with Crippen LogP contribution in [0, 0.1) is 0 Å². The van der Waals surface area contributed by atoms with Crippen LogP contribution in [-0.4, -0.2) is 24.5 Å². The van der Waals surface area contributed by atoms with Gasteiger partial charge in [-0.1, -0.05) is 12.1 Å². The molecule has 0 amide bonds. The van der Waals surface area contributed by atoms with Crippen molar-refractivity contribution in [1.82, 2.24) is 5.32 Å². The zero-order valence-corrected chi connectivity index (χ0v) is 13.0. The lowest BCUT2D eigenvalue weighted by molar-refractivity contribution is 0.104. The molecule has 1 saturated carbocycles. The SMILES string of the molecule is c1cc(SCCCC2CCCO2)ccc1CNC1CC1. The van der Waals surface area contributed by atoms with Crippen LogP contribution in [0.2, 0.25) is 0 Å². The maximum Gasteiger partial charge on any atom is 0.0576 e. The number of benzene rings is 1. The normalized spacial score (nSPS) is 22.3. The third-order valence-corrected chi connectivity index (χ3v) is 5.16.